The molecule has 0 fully saturated rings. The van der Waals surface area contributed by atoms with Gasteiger partial charge in [0.05, 0.1) is 6.61 Å². The van der Waals surface area contributed by atoms with Crippen molar-refractivity contribution in [1.82, 2.24) is 24.5 Å². The van der Waals surface area contributed by atoms with Crippen LogP contribution in [0.1, 0.15) is 6.92 Å². The molecule has 0 spiro atoms. The molecule has 0 aliphatic rings. The van der Waals surface area contributed by atoms with E-state index in [0.717, 1.165) is 0 Å². The molecule has 6 heteroatoms. The summed E-state index contributed by atoms with van der Waals surface area (Å²) >= 11 is 0. The van der Waals surface area contributed by atoms with Gasteiger partial charge in [0.1, 0.15) is 12.1 Å². The lowest BCUT2D eigenvalue weighted by molar-refractivity contribution is 0.326. The van der Waals surface area contributed by atoms with Gasteiger partial charge in [0.25, 0.3) is 0 Å². The number of fused-ring (bicyclic) bond motifs is 1. The summed E-state index contributed by atoms with van der Waals surface area (Å²) in [6.07, 6.45) is 4.90. The lowest BCUT2D eigenvalue weighted by Crippen LogP contribution is -2.00. The predicted octanol–water partition coefficient (Wildman–Crippen LogP) is 1.61. The highest BCUT2D eigenvalue weighted by molar-refractivity contribution is 5.67. The van der Waals surface area contributed by atoms with Crippen LogP contribution in [0.3, 0.4) is 0 Å². The van der Waals surface area contributed by atoms with Gasteiger partial charge in [0, 0.05) is 18.5 Å². The second-order valence-electron chi connectivity index (χ2n) is 3.59. The average Bonchev–Trinajstić information content (AvgIpc) is 2.83. The van der Waals surface area contributed by atoms with Gasteiger partial charge in [0.2, 0.25) is 5.88 Å². The molecule has 3 aromatic heterocycles. The van der Waals surface area contributed by atoms with Crippen LogP contribution in [0, 0.1) is 0 Å². The normalized spacial score (nSPS) is 10.7. The van der Waals surface area contributed by atoms with Crippen LogP contribution in [0.4, 0.5) is 0 Å². The van der Waals surface area contributed by atoms with E-state index < -0.39 is 0 Å². The average molecular weight is 241 g/mol. The Labute approximate surface area is 103 Å². The molecule has 0 unspecified atom stereocenters. The first-order chi connectivity index (χ1) is 8.88. The highest BCUT2D eigenvalue weighted by Gasteiger charge is 2.07. The van der Waals surface area contributed by atoms with Crippen molar-refractivity contribution in [2.24, 2.45) is 0 Å². The zero-order chi connectivity index (χ0) is 12.4. The van der Waals surface area contributed by atoms with Crippen LogP contribution in [0.25, 0.3) is 17.1 Å². The van der Waals surface area contributed by atoms with Gasteiger partial charge in [-0.1, -0.05) is 6.07 Å². The Hall–Kier alpha value is -2.50. The third kappa shape index (κ3) is 1.77. The van der Waals surface area contributed by atoms with E-state index >= 15 is 0 Å². The summed E-state index contributed by atoms with van der Waals surface area (Å²) in [6, 6.07) is 5.58. The molecule has 0 saturated carbocycles. The standard InChI is InChI=1S/C12H11N5O/c1-2-18-10-5-3-4-9(16-10)17-8-15-11-12(17)14-7-6-13-11/h3-8H,2H2,1H3. The smallest absolute Gasteiger partial charge is 0.215 e. The molecule has 0 aromatic carbocycles. The number of ether oxygens (including phenoxy) is 1. The van der Waals surface area contributed by atoms with Crippen LogP contribution in [0.15, 0.2) is 36.9 Å². The van der Waals surface area contributed by atoms with Crippen LogP contribution in [0.2, 0.25) is 0 Å². The van der Waals surface area contributed by atoms with Crippen molar-refractivity contribution in [2.75, 3.05) is 6.61 Å². The summed E-state index contributed by atoms with van der Waals surface area (Å²) in [5, 5.41) is 0. The summed E-state index contributed by atoms with van der Waals surface area (Å²) in [7, 11) is 0. The summed E-state index contributed by atoms with van der Waals surface area (Å²) in [5.41, 5.74) is 1.28. The molecule has 0 bridgehead atoms. The summed E-state index contributed by atoms with van der Waals surface area (Å²) in [6.45, 7) is 2.51. The molecule has 0 atom stereocenters. The molecule has 0 aliphatic carbocycles. The van der Waals surface area contributed by atoms with Crippen LogP contribution in [-0.2, 0) is 0 Å². The fourth-order valence-electron chi connectivity index (χ4n) is 1.69. The predicted molar refractivity (Wildman–Crippen MR) is 65.6 cm³/mol. The van der Waals surface area contributed by atoms with E-state index in [9.17, 15) is 0 Å². The lowest BCUT2D eigenvalue weighted by Gasteiger charge is -2.05. The summed E-state index contributed by atoms with van der Waals surface area (Å²) in [4.78, 5) is 17.0. The van der Waals surface area contributed by atoms with Crippen molar-refractivity contribution in [3.8, 4) is 11.7 Å². The first kappa shape index (κ1) is 10.6. The van der Waals surface area contributed by atoms with E-state index in [1.54, 1.807) is 23.3 Å². The quantitative estimate of drug-likeness (QED) is 0.697. The fourth-order valence-corrected chi connectivity index (χ4v) is 1.69. The zero-order valence-corrected chi connectivity index (χ0v) is 9.82. The lowest BCUT2D eigenvalue weighted by atomic mass is 10.4. The Morgan fingerprint density at radius 2 is 2.06 bits per heavy atom. The van der Waals surface area contributed by atoms with Gasteiger partial charge >= 0.3 is 0 Å². The second-order valence-corrected chi connectivity index (χ2v) is 3.59. The first-order valence-electron chi connectivity index (χ1n) is 5.63. The SMILES string of the molecule is CCOc1cccc(-n2cnc3nccnc32)n1. The van der Waals surface area contributed by atoms with Gasteiger partial charge in [-0.25, -0.2) is 15.0 Å². The number of aromatic nitrogens is 5. The molecule has 6 nitrogen and oxygen atoms in total. The number of rotatable bonds is 3. The minimum atomic E-state index is 0.584. The Balaban J connectivity index is 2.11. The first-order valence-corrected chi connectivity index (χ1v) is 5.63. The van der Waals surface area contributed by atoms with Crippen LogP contribution in [0.5, 0.6) is 5.88 Å². The Bertz CT molecular complexity index is 679. The zero-order valence-electron chi connectivity index (χ0n) is 9.82. The van der Waals surface area contributed by atoms with Gasteiger partial charge < -0.3 is 4.74 Å². The van der Waals surface area contributed by atoms with E-state index in [2.05, 4.69) is 19.9 Å². The molecule has 3 aromatic rings. The fraction of sp³-hybridized carbons (Fsp3) is 0.167. The number of pyridine rings is 1. The van der Waals surface area contributed by atoms with Crippen molar-refractivity contribution >= 4 is 11.3 Å². The summed E-state index contributed by atoms with van der Waals surface area (Å²) in [5.74, 6) is 1.30. The third-order valence-corrected chi connectivity index (χ3v) is 2.43. The Kier molecular flexibility index (Phi) is 2.60. The highest BCUT2D eigenvalue weighted by atomic mass is 16.5. The maximum absolute atomic E-state index is 5.38. The largest absolute Gasteiger partial charge is 0.478 e. The second kappa shape index (κ2) is 4.40. The maximum atomic E-state index is 5.38. The minimum absolute atomic E-state index is 0.584. The highest BCUT2D eigenvalue weighted by Crippen LogP contribution is 2.15. The van der Waals surface area contributed by atoms with Gasteiger partial charge in [0.15, 0.2) is 11.3 Å². The number of hydrogen-bond donors (Lipinski definition) is 0. The topological polar surface area (TPSA) is 65.7 Å². The van der Waals surface area contributed by atoms with Crippen molar-refractivity contribution in [2.45, 2.75) is 6.92 Å². The van der Waals surface area contributed by atoms with E-state index in [1.165, 1.54) is 0 Å². The molecule has 0 amide bonds. The molecule has 3 heterocycles. The number of imidazole rings is 1. The van der Waals surface area contributed by atoms with Gasteiger partial charge in [-0.05, 0) is 13.0 Å². The van der Waals surface area contributed by atoms with E-state index in [-0.39, 0.29) is 0 Å². The number of hydrogen-bond acceptors (Lipinski definition) is 5. The van der Waals surface area contributed by atoms with Gasteiger partial charge in [-0.2, -0.15) is 4.98 Å². The van der Waals surface area contributed by atoms with Crippen LogP contribution >= 0.6 is 0 Å². The monoisotopic (exact) mass is 241 g/mol. The Morgan fingerprint density at radius 1 is 1.17 bits per heavy atom. The number of nitrogens with zero attached hydrogens (tertiary/aromatic N) is 5. The molecule has 0 aliphatic heterocycles. The molecule has 3 rings (SSSR count). The van der Waals surface area contributed by atoms with Gasteiger partial charge in [-0.3, -0.25) is 4.57 Å². The Morgan fingerprint density at radius 3 is 2.94 bits per heavy atom. The molecule has 90 valence electrons. The minimum Gasteiger partial charge on any atom is -0.478 e. The molecule has 18 heavy (non-hydrogen) atoms. The summed E-state index contributed by atoms with van der Waals surface area (Å²) < 4.78 is 7.16. The van der Waals surface area contributed by atoms with Crippen molar-refractivity contribution < 1.29 is 4.74 Å². The molecular weight excluding hydrogens is 230 g/mol. The third-order valence-electron chi connectivity index (χ3n) is 2.43. The van der Waals surface area contributed by atoms with Gasteiger partial charge in [-0.15, -0.1) is 0 Å². The molecular formula is C12H11N5O. The van der Waals surface area contributed by atoms with E-state index in [1.807, 2.05) is 25.1 Å². The molecule has 0 radical (unpaired) electrons. The van der Waals surface area contributed by atoms with E-state index in [4.69, 9.17) is 4.74 Å². The van der Waals surface area contributed by atoms with Crippen LogP contribution < -0.4 is 4.74 Å². The molecule has 0 saturated heterocycles. The van der Waals surface area contributed by atoms with E-state index in [0.29, 0.717) is 29.6 Å². The molecule has 0 N–H and O–H groups in total. The van der Waals surface area contributed by atoms with Crippen molar-refractivity contribution in [3.63, 3.8) is 0 Å². The van der Waals surface area contributed by atoms with Crippen molar-refractivity contribution in [1.29, 1.82) is 0 Å². The maximum Gasteiger partial charge on any atom is 0.215 e. The van der Waals surface area contributed by atoms with Crippen molar-refractivity contribution in [3.05, 3.63) is 36.9 Å². The van der Waals surface area contributed by atoms with Crippen LogP contribution in [-0.4, -0.2) is 31.1 Å².